The van der Waals surface area contributed by atoms with Crippen molar-refractivity contribution in [1.82, 2.24) is 0 Å². The molecule has 0 spiro atoms. The van der Waals surface area contributed by atoms with Crippen LogP contribution in [-0.4, -0.2) is 5.11 Å². The maximum absolute atomic E-state index is 13.0. The van der Waals surface area contributed by atoms with E-state index >= 15 is 0 Å². The topological polar surface area (TPSA) is 29.5 Å². The summed E-state index contributed by atoms with van der Waals surface area (Å²) in [7, 11) is 0. The predicted molar refractivity (Wildman–Crippen MR) is 72.8 cm³/mol. The van der Waals surface area contributed by atoms with Crippen molar-refractivity contribution in [1.29, 1.82) is 0 Å². The van der Waals surface area contributed by atoms with Gasteiger partial charge < -0.3 is 9.84 Å². The van der Waals surface area contributed by atoms with E-state index in [1.165, 1.54) is 12.1 Å². The van der Waals surface area contributed by atoms with E-state index in [1.54, 1.807) is 25.1 Å². The fourth-order valence-electron chi connectivity index (χ4n) is 1.66. The lowest BCUT2D eigenvalue weighted by molar-refractivity contribution is 0.198. The van der Waals surface area contributed by atoms with Crippen molar-refractivity contribution >= 4 is 11.6 Å². The second-order valence-electron chi connectivity index (χ2n) is 4.29. The highest BCUT2D eigenvalue weighted by Gasteiger charge is 2.04. The molecule has 0 amide bonds. The molecular formula is C15H14ClFO2. The molecule has 0 saturated heterocycles. The quantitative estimate of drug-likeness (QED) is 0.913. The van der Waals surface area contributed by atoms with Crippen molar-refractivity contribution in [2.45, 2.75) is 19.6 Å². The minimum Gasteiger partial charge on any atom is -0.489 e. The summed E-state index contributed by atoms with van der Waals surface area (Å²) in [4.78, 5) is 0. The monoisotopic (exact) mass is 280 g/mol. The molecule has 0 fully saturated rings. The van der Waals surface area contributed by atoms with Gasteiger partial charge in [-0.3, -0.25) is 0 Å². The molecule has 0 heterocycles. The number of benzene rings is 2. The summed E-state index contributed by atoms with van der Waals surface area (Å²) in [5.41, 5.74) is 1.57. The van der Waals surface area contributed by atoms with Crippen LogP contribution in [0.25, 0.3) is 0 Å². The van der Waals surface area contributed by atoms with Gasteiger partial charge in [-0.15, -0.1) is 0 Å². The number of ether oxygens (including phenoxy) is 1. The molecule has 1 atom stereocenters. The summed E-state index contributed by atoms with van der Waals surface area (Å²) in [6.07, 6.45) is -0.538. The maximum atomic E-state index is 13.0. The van der Waals surface area contributed by atoms with Crippen molar-refractivity contribution in [2.24, 2.45) is 0 Å². The van der Waals surface area contributed by atoms with Gasteiger partial charge in [0.25, 0.3) is 0 Å². The van der Waals surface area contributed by atoms with Gasteiger partial charge in [0.15, 0.2) is 0 Å². The second kappa shape index (κ2) is 6.04. The van der Waals surface area contributed by atoms with Crippen molar-refractivity contribution < 1.29 is 14.2 Å². The highest BCUT2D eigenvalue weighted by Crippen LogP contribution is 2.21. The van der Waals surface area contributed by atoms with Crippen molar-refractivity contribution in [2.75, 3.05) is 0 Å². The number of rotatable bonds is 4. The molecule has 0 bridgehead atoms. The molecular weight excluding hydrogens is 267 g/mol. The molecule has 2 rings (SSSR count). The predicted octanol–water partition coefficient (Wildman–Crippen LogP) is 4.11. The van der Waals surface area contributed by atoms with Crippen LogP contribution in [0, 0.1) is 5.82 Å². The van der Waals surface area contributed by atoms with Crippen LogP contribution in [0.5, 0.6) is 5.75 Å². The van der Waals surface area contributed by atoms with Crippen LogP contribution in [0.3, 0.4) is 0 Å². The van der Waals surface area contributed by atoms with E-state index in [-0.39, 0.29) is 5.02 Å². The molecule has 0 radical (unpaired) electrons. The third-order valence-electron chi connectivity index (χ3n) is 2.73. The summed E-state index contributed by atoms with van der Waals surface area (Å²) in [6.45, 7) is 1.99. The average Bonchev–Trinajstić information content (AvgIpc) is 2.40. The third kappa shape index (κ3) is 3.69. The number of aliphatic hydroxyl groups is 1. The molecule has 0 unspecified atom stereocenters. The second-order valence-corrected chi connectivity index (χ2v) is 4.69. The number of halogens is 2. The van der Waals surface area contributed by atoms with Crippen LogP contribution in [0.2, 0.25) is 5.02 Å². The number of aliphatic hydroxyl groups excluding tert-OH is 1. The Morgan fingerprint density at radius 1 is 1.26 bits per heavy atom. The Labute approximate surface area is 116 Å². The highest BCUT2D eigenvalue weighted by molar-refractivity contribution is 6.30. The molecule has 2 aromatic rings. The van der Waals surface area contributed by atoms with Gasteiger partial charge in [0.1, 0.15) is 18.2 Å². The van der Waals surface area contributed by atoms with Crippen LogP contribution in [0.1, 0.15) is 24.2 Å². The van der Waals surface area contributed by atoms with E-state index in [0.717, 1.165) is 11.1 Å². The lowest BCUT2D eigenvalue weighted by Gasteiger charge is -2.10. The van der Waals surface area contributed by atoms with Crippen LogP contribution in [0.4, 0.5) is 4.39 Å². The summed E-state index contributed by atoms with van der Waals surface area (Å²) < 4.78 is 18.6. The van der Waals surface area contributed by atoms with Gasteiger partial charge in [-0.2, -0.15) is 0 Å². The van der Waals surface area contributed by atoms with Crippen LogP contribution >= 0.6 is 11.6 Å². The Kier molecular flexibility index (Phi) is 4.40. The Balaban J connectivity index is 2.05. The normalized spacial score (nSPS) is 12.2. The van der Waals surface area contributed by atoms with Crippen LogP contribution in [0.15, 0.2) is 42.5 Å². The van der Waals surface area contributed by atoms with Crippen molar-refractivity contribution in [3.63, 3.8) is 0 Å². The first-order valence-electron chi connectivity index (χ1n) is 5.91. The van der Waals surface area contributed by atoms with Crippen LogP contribution < -0.4 is 4.74 Å². The van der Waals surface area contributed by atoms with Gasteiger partial charge in [0, 0.05) is 0 Å². The van der Waals surface area contributed by atoms with E-state index in [1.807, 2.05) is 12.1 Å². The molecule has 0 aromatic heterocycles. The molecule has 2 aromatic carbocycles. The third-order valence-corrected chi connectivity index (χ3v) is 3.02. The van der Waals surface area contributed by atoms with E-state index in [9.17, 15) is 9.50 Å². The summed E-state index contributed by atoms with van der Waals surface area (Å²) in [5, 5.41) is 9.57. The average molecular weight is 281 g/mol. The molecule has 0 aliphatic rings. The summed E-state index contributed by atoms with van der Waals surface area (Å²) in [6, 6.07) is 11.7. The lowest BCUT2D eigenvalue weighted by atomic mass is 10.1. The SMILES string of the molecule is C[C@H](O)c1cccc(OCc2ccc(F)c(Cl)c2)c1. The molecule has 100 valence electrons. The van der Waals surface area contributed by atoms with Gasteiger partial charge >= 0.3 is 0 Å². The van der Waals surface area contributed by atoms with Gasteiger partial charge in [-0.25, -0.2) is 4.39 Å². The van der Waals surface area contributed by atoms with Crippen LogP contribution in [-0.2, 0) is 6.61 Å². The van der Waals surface area contributed by atoms with Gasteiger partial charge in [0.2, 0.25) is 0 Å². The van der Waals surface area contributed by atoms with E-state index < -0.39 is 11.9 Å². The zero-order chi connectivity index (χ0) is 13.8. The van der Waals surface area contributed by atoms with E-state index in [0.29, 0.717) is 12.4 Å². The molecule has 2 nitrogen and oxygen atoms in total. The lowest BCUT2D eigenvalue weighted by Crippen LogP contribution is -1.97. The van der Waals surface area contributed by atoms with E-state index in [4.69, 9.17) is 16.3 Å². The van der Waals surface area contributed by atoms with Gasteiger partial charge in [-0.1, -0.05) is 29.8 Å². The molecule has 0 aliphatic heterocycles. The smallest absolute Gasteiger partial charge is 0.141 e. The Morgan fingerprint density at radius 3 is 2.74 bits per heavy atom. The molecule has 0 saturated carbocycles. The molecule has 0 aliphatic carbocycles. The molecule has 1 N–H and O–H groups in total. The first-order valence-corrected chi connectivity index (χ1v) is 6.29. The van der Waals surface area contributed by atoms with Crippen molar-refractivity contribution in [3.8, 4) is 5.75 Å². The van der Waals surface area contributed by atoms with Gasteiger partial charge in [-0.05, 0) is 42.3 Å². The number of hydrogen-bond donors (Lipinski definition) is 1. The molecule has 19 heavy (non-hydrogen) atoms. The minimum absolute atomic E-state index is 0.0823. The fraction of sp³-hybridized carbons (Fsp3) is 0.200. The first kappa shape index (κ1) is 13.8. The Bertz CT molecular complexity index is 570. The minimum atomic E-state index is -0.538. The molecule has 4 heteroatoms. The first-order chi connectivity index (χ1) is 9.06. The zero-order valence-electron chi connectivity index (χ0n) is 10.4. The van der Waals surface area contributed by atoms with Crippen molar-refractivity contribution in [3.05, 3.63) is 64.4 Å². The van der Waals surface area contributed by atoms with Gasteiger partial charge in [0.05, 0.1) is 11.1 Å². The number of hydrogen-bond acceptors (Lipinski definition) is 2. The Hall–Kier alpha value is -1.58. The zero-order valence-corrected chi connectivity index (χ0v) is 11.2. The summed E-state index contributed by atoms with van der Waals surface area (Å²) in [5.74, 6) is 0.209. The Morgan fingerprint density at radius 2 is 2.05 bits per heavy atom. The highest BCUT2D eigenvalue weighted by atomic mass is 35.5. The standard InChI is InChI=1S/C15H14ClFO2/c1-10(18)12-3-2-4-13(8-12)19-9-11-5-6-15(17)14(16)7-11/h2-8,10,18H,9H2,1H3/t10-/m0/s1. The maximum Gasteiger partial charge on any atom is 0.141 e. The fourth-order valence-corrected chi connectivity index (χ4v) is 1.86. The largest absolute Gasteiger partial charge is 0.489 e. The summed E-state index contributed by atoms with van der Waals surface area (Å²) >= 11 is 5.70. The van der Waals surface area contributed by atoms with E-state index in [2.05, 4.69) is 0 Å².